The molecule has 2 amide bonds. The van der Waals surface area contributed by atoms with Gasteiger partial charge in [0.15, 0.2) is 0 Å². The first-order valence-corrected chi connectivity index (χ1v) is 8.26. The fourth-order valence-corrected chi connectivity index (χ4v) is 4.70. The average Bonchev–Trinajstić information content (AvgIpc) is 2.90. The van der Waals surface area contributed by atoms with Crippen molar-refractivity contribution in [3.8, 4) is 0 Å². The van der Waals surface area contributed by atoms with Gasteiger partial charge in [-0.05, 0) is 30.6 Å². The minimum absolute atomic E-state index is 0.00689. The van der Waals surface area contributed by atoms with Crippen LogP contribution in [-0.2, 0) is 19.2 Å². The number of hydroxylamine groups is 2. The summed E-state index contributed by atoms with van der Waals surface area (Å²) in [6.07, 6.45) is 3.26. The maximum absolute atomic E-state index is 12.4. The van der Waals surface area contributed by atoms with Crippen LogP contribution in [-0.4, -0.2) is 29.3 Å². The zero-order valence-electron chi connectivity index (χ0n) is 13.8. The molecule has 2 bridgehead atoms. The highest BCUT2D eigenvalue weighted by Crippen LogP contribution is 2.65. The molecule has 3 rings (SSSR count). The van der Waals surface area contributed by atoms with Crippen molar-refractivity contribution in [2.24, 2.45) is 28.6 Å². The zero-order chi connectivity index (χ0) is 16.3. The van der Waals surface area contributed by atoms with Gasteiger partial charge in [-0.3, -0.25) is 19.2 Å². The Morgan fingerprint density at radius 2 is 1.73 bits per heavy atom. The smallest absolute Gasteiger partial charge is 0.257 e. The van der Waals surface area contributed by atoms with E-state index < -0.39 is 0 Å². The molecular weight excluding hydrogens is 282 g/mol. The van der Waals surface area contributed by atoms with Crippen molar-refractivity contribution >= 4 is 17.6 Å². The summed E-state index contributed by atoms with van der Waals surface area (Å²) < 4.78 is 0. The molecule has 2 saturated carbocycles. The Morgan fingerprint density at radius 3 is 2.18 bits per heavy atom. The van der Waals surface area contributed by atoms with Crippen LogP contribution in [0.5, 0.6) is 0 Å². The highest BCUT2D eigenvalue weighted by atomic mass is 16.7. The molecule has 0 radical (unpaired) electrons. The molecule has 1 heterocycles. The molecule has 1 saturated heterocycles. The Morgan fingerprint density at radius 1 is 1.14 bits per heavy atom. The molecule has 5 heteroatoms. The zero-order valence-corrected chi connectivity index (χ0v) is 13.8. The Bertz CT molecular complexity index is 521. The van der Waals surface area contributed by atoms with E-state index in [0.29, 0.717) is 24.5 Å². The Labute approximate surface area is 131 Å². The molecule has 122 valence electrons. The van der Waals surface area contributed by atoms with Gasteiger partial charge in [0.1, 0.15) is 5.78 Å². The minimum Gasteiger partial charge on any atom is -0.299 e. The maximum atomic E-state index is 12.4. The summed E-state index contributed by atoms with van der Waals surface area (Å²) in [5, 5.41) is 0.921. The maximum Gasteiger partial charge on any atom is 0.257 e. The summed E-state index contributed by atoms with van der Waals surface area (Å²) >= 11 is 0. The number of hydrogen-bond donors (Lipinski definition) is 0. The van der Waals surface area contributed by atoms with Crippen molar-refractivity contribution < 1.29 is 19.2 Å². The predicted molar refractivity (Wildman–Crippen MR) is 79.3 cm³/mol. The molecule has 4 unspecified atom stereocenters. The second-order valence-corrected chi connectivity index (χ2v) is 7.80. The highest BCUT2D eigenvalue weighted by Gasteiger charge is 2.63. The van der Waals surface area contributed by atoms with Crippen molar-refractivity contribution in [1.29, 1.82) is 0 Å². The number of fused-ring (bicyclic) bond motifs is 2. The monoisotopic (exact) mass is 307 g/mol. The van der Waals surface area contributed by atoms with Crippen LogP contribution in [0.25, 0.3) is 0 Å². The van der Waals surface area contributed by atoms with Crippen LogP contribution < -0.4 is 0 Å². The van der Waals surface area contributed by atoms with Gasteiger partial charge in [-0.1, -0.05) is 27.7 Å². The fraction of sp³-hybridized carbons (Fsp3) is 0.824. The van der Waals surface area contributed by atoms with Crippen molar-refractivity contribution in [2.75, 3.05) is 6.61 Å². The van der Waals surface area contributed by atoms with E-state index in [4.69, 9.17) is 4.84 Å². The minimum atomic E-state index is -0.333. The number of amides is 2. The van der Waals surface area contributed by atoms with Crippen LogP contribution in [0.1, 0.15) is 53.4 Å². The molecule has 0 aromatic heterocycles. The third-order valence-corrected chi connectivity index (χ3v) is 6.82. The number of ketones is 1. The lowest BCUT2D eigenvalue weighted by Gasteiger charge is -2.36. The number of hydrogen-bond acceptors (Lipinski definition) is 4. The lowest BCUT2D eigenvalue weighted by Crippen LogP contribution is -2.39. The third-order valence-electron chi connectivity index (χ3n) is 6.82. The molecule has 3 aliphatic rings. The summed E-state index contributed by atoms with van der Waals surface area (Å²) in [6.45, 7) is 8.09. The normalized spacial score (nSPS) is 40.1. The van der Waals surface area contributed by atoms with Crippen molar-refractivity contribution in [2.45, 2.75) is 53.4 Å². The van der Waals surface area contributed by atoms with Crippen LogP contribution in [0.3, 0.4) is 0 Å². The average molecular weight is 307 g/mol. The van der Waals surface area contributed by atoms with E-state index in [1.807, 2.05) is 0 Å². The van der Waals surface area contributed by atoms with E-state index in [9.17, 15) is 14.4 Å². The first-order chi connectivity index (χ1) is 10.2. The second kappa shape index (κ2) is 4.88. The van der Waals surface area contributed by atoms with E-state index in [2.05, 4.69) is 13.8 Å². The van der Waals surface area contributed by atoms with Crippen LogP contribution >= 0.6 is 0 Å². The van der Waals surface area contributed by atoms with Crippen molar-refractivity contribution in [3.63, 3.8) is 0 Å². The molecule has 22 heavy (non-hydrogen) atoms. The number of imide groups is 1. The second-order valence-electron chi connectivity index (χ2n) is 7.80. The number of carbonyl (C=O) groups is 3. The summed E-state index contributed by atoms with van der Waals surface area (Å²) in [5.74, 6) is -0.391. The molecule has 2 aliphatic carbocycles. The van der Waals surface area contributed by atoms with Gasteiger partial charge in [0, 0.05) is 23.7 Å². The van der Waals surface area contributed by atoms with Gasteiger partial charge in [0.25, 0.3) is 11.8 Å². The number of Topliss-reactive ketones (excluding diaryl/α,β-unsaturated/α-hetero) is 1. The number of nitrogens with zero attached hydrogens (tertiary/aromatic N) is 1. The first kappa shape index (κ1) is 15.7. The summed E-state index contributed by atoms with van der Waals surface area (Å²) in [6, 6.07) is 0. The molecular formula is C17H25NO4. The quantitative estimate of drug-likeness (QED) is 0.748. The largest absolute Gasteiger partial charge is 0.299 e. The van der Waals surface area contributed by atoms with Gasteiger partial charge in [0.05, 0.1) is 6.61 Å². The van der Waals surface area contributed by atoms with Crippen LogP contribution in [0, 0.1) is 28.6 Å². The van der Waals surface area contributed by atoms with E-state index in [1.54, 1.807) is 13.8 Å². The first-order valence-electron chi connectivity index (χ1n) is 8.26. The van der Waals surface area contributed by atoms with Crippen LogP contribution in [0.15, 0.2) is 0 Å². The summed E-state index contributed by atoms with van der Waals surface area (Å²) in [5.41, 5.74) is -0.340. The molecule has 3 fully saturated rings. The highest BCUT2D eigenvalue weighted by molar-refractivity contribution is 6.03. The predicted octanol–water partition coefficient (Wildman–Crippen LogP) is 2.34. The fourth-order valence-electron chi connectivity index (χ4n) is 4.70. The summed E-state index contributed by atoms with van der Waals surface area (Å²) in [4.78, 5) is 42.0. The molecule has 0 N–H and O–H groups in total. The molecule has 5 nitrogen and oxygen atoms in total. The van der Waals surface area contributed by atoms with E-state index in [-0.39, 0.29) is 41.1 Å². The molecule has 1 aliphatic heterocycles. The lowest BCUT2D eigenvalue weighted by molar-refractivity contribution is -0.191. The lowest BCUT2D eigenvalue weighted by atomic mass is 9.67. The van der Waals surface area contributed by atoms with Gasteiger partial charge in [-0.15, -0.1) is 0 Å². The number of carbonyl (C=O) groups excluding carboxylic acids is 3. The Kier molecular flexibility index (Phi) is 3.47. The van der Waals surface area contributed by atoms with Crippen molar-refractivity contribution in [1.82, 2.24) is 5.06 Å². The van der Waals surface area contributed by atoms with Crippen LogP contribution in [0.4, 0.5) is 0 Å². The molecule has 0 aromatic carbocycles. The van der Waals surface area contributed by atoms with Gasteiger partial charge in [-0.2, -0.15) is 5.06 Å². The van der Waals surface area contributed by atoms with E-state index in [0.717, 1.165) is 17.9 Å². The topological polar surface area (TPSA) is 63.7 Å². The molecule has 4 atom stereocenters. The standard InChI is InChI=1S/C17H25NO4/c1-10-11(2)15(21)18(14(10)20)22-8-7-17-6-5-12(9-13(17)19)16(17,3)4/h10-12H,5-9H2,1-4H3. The van der Waals surface area contributed by atoms with Gasteiger partial charge in [0.2, 0.25) is 0 Å². The molecule has 0 aromatic rings. The van der Waals surface area contributed by atoms with Crippen molar-refractivity contribution in [3.05, 3.63) is 0 Å². The Hall–Kier alpha value is -1.23. The number of rotatable bonds is 4. The Balaban J connectivity index is 1.66. The summed E-state index contributed by atoms with van der Waals surface area (Å²) in [7, 11) is 0. The van der Waals surface area contributed by atoms with E-state index >= 15 is 0 Å². The van der Waals surface area contributed by atoms with Gasteiger partial charge >= 0.3 is 0 Å². The molecule has 0 spiro atoms. The SMILES string of the molecule is CC1C(=O)N(OCCC23CCC(CC2=O)C3(C)C)C(=O)C1C. The van der Waals surface area contributed by atoms with E-state index in [1.165, 1.54) is 0 Å². The third kappa shape index (κ3) is 1.84. The van der Waals surface area contributed by atoms with Gasteiger partial charge in [-0.25, -0.2) is 0 Å². The van der Waals surface area contributed by atoms with Crippen LogP contribution in [0.2, 0.25) is 0 Å². The van der Waals surface area contributed by atoms with Gasteiger partial charge < -0.3 is 0 Å².